The number of anilines is 1. The van der Waals surface area contributed by atoms with Crippen molar-refractivity contribution in [1.82, 2.24) is 0 Å². The summed E-state index contributed by atoms with van der Waals surface area (Å²) >= 11 is 1.35. The van der Waals surface area contributed by atoms with Crippen molar-refractivity contribution in [3.8, 4) is 0 Å². The van der Waals surface area contributed by atoms with Crippen molar-refractivity contribution in [3.63, 3.8) is 0 Å². The zero-order valence-electron chi connectivity index (χ0n) is 15.5. The van der Waals surface area contributed by atoms with Gasteiger partial charge >= 0.3 is 5.97 Å². The summed E-state index contributed by atoms with van der Waals surface area (Å²) < 4.78 is 5.12. The average Bonchev–Trinajstić information content (AvgIpc) is 3.23. The monoisotopic (exact) mass is 393 g/mol. The van der Waals surface area contributed by atoms with E-state index in [2.05, 4.69) is 5.32 Å². The molecule has 0 saturated carbocycles. The van der Waals surface area contributed by atoms with Crippen molar-refractivity contribution in [3.05, 3.63) is 87.1 Å². The SMILES string of the molecule is Cc1ccc(C(=O)COC(=O)c2ccc(NC(=O)c3cccs3)cc2)cc1C. The Hall–Kier alpha value is -3.25. The highest BCUT2D eigenvalue weighted by molar-refractivity contribution is 7.12. The zero-order valence-corrected chi connectivity index (χ0v) is 16.3. The molecule has 0 bridgehead atoms. The van der Waals surface area contributed by atoms with Crippen LogP contribution in [-0.2, 0) is 4.74 Å². The maximum Gasteiger partial charge on any atom is 0.338 e. The molecule has 1 aromatic heterocycles. The Morgan fingerprint density at radius 1 is 0.929 bits per heavy atom. The van der Waals surface area contributed by atoms with Crippen LogP contribution in [0.25, 0.3) is 0 Å². The number of rotatable bonds is 6. The Balaban J connectivity index is 1.56. The predicted molar refractivity (Wildman–Crippen MR) is 109 cm³/mol. The molecule has 0 saturated heterocycles. The van der Waals surface area contributed by atoms with Crippen LogP contribution in [0, 0.1) is 13.8 Å². The van der Waals surface area contributed by atoms with Crippen LogP contribution >= 0.6 is 11.3 Å². The van der Waals surface area contributed by atoms with Gasteiger partial charge in [0.05, 0.1) is 10.4 Å². The third kappa shape index (κ3) is 4.72. The van der Waals surface area contributed by atoms with Crippen LogP contribution in [0.3, 0.4) is 0 Å². The molecule has 6 heteroatoms. The van der Waals surface area contributed by atoms with E-state index in [9.17, 15) is 14.4 Å². The van der Waals surface area contributed by atoms with Crippen molar-refractivity contribution in [2.24, 2.45) is 0 Å². The third-order valence-electron chi connectivity index (χ3n) is 4.29. The maximum atomic E-state index is 12.2. The van der Waals surface area contributed by atoms with Crippen LogP contribution in [0.2, 0.25) is 0 Å². The lowest BCUT2D eigenvalue weighted by Crippen LogP contribution is -2.15. The molecule has 1 N–H and O–H groups in total. The summed E-state index contributed by atoms with van der Waals surface area (Å²) in [6.45, 7) is 3.57. The van der Waals surface area contributed by atoms with E-state index in [0.29, 0.717) is 21.7 Å². The van der Waals surface area contributed by atoms with Crippen LogP contribution in [-0.4, -0.2) is 24.3 Å². The van der Waals surface area contributed by atoms with Crippen LogP contribution in [0.15, 0.2) is 60.0 Å². The summed E-state index contributed by atoms with van der Waals surface area (Å²) in [5, 5.41) is 4.58. The molecular weight excluding hydrogens is 374 g/mol. The third-order valence-corrected chi connectivity index (χ3v) is 5.16. The number of ketones is 1. The highest BCUT2D eigenvalue weighted by Crippen LogP contribution is 2.15. The topological polar surface area (TPSA) is 72.5 Å². The van der Waals surface area contributed by atoms with Crippen LogP contribution in [0.4, 0.5) is 5.69 Å². The molecule has 5 nitrogen and oxygen atoms in total. The second-order valence-electron chi connectivity index (χ2n) is 6.31. The molecule has 0 aliphatic carbocycles. The Morgan fingerprint density at radius 2 is 1.64 bits per heavy atom. The van der Waals surface area contributed by atoms with E-state index in [1.54, 1.807) is 48.5 Å². The molecule has 142 valence electrons. The van der Waals surface area contributed by atoms with Gasteiger partial charge in [-0.3, -0.25) is 9.59 Å². The normalized spacial score (nSPS) is 10.4. The Bertz CT molecular complexity index is 1010. The first-order valence-electron chi connectivity index (χ1n) is 8.66. The number of hydrogen-bond acceptors (Lipinski definition) is 5. The van der Waals surface area contributed by atoms with E-state index in [1.807, 2.05) is 25.3 Å². The van der Waals surface area contributed by atoms with Gasteiger partial charge in [-0.1, -0.05) is 18.2 Å². The fourth-order valence-electron chi connectivity index (χ4n) is 2.50. The number of carbonyl (C=O) groups excluding carboxylic acids is 3. The second-order valence-corrected chi connectivity index (χ2v) is 7.25. The van der Waals surface area contributed by atoms with E-state index in [-0.39, 0.29) is 18.3 Å². The number of aryl methyl sites for hydroxylation is 2. The number of ether oxygens (including phenoxy) is 1. The number of hydrogen-bond donors (Lipinski definition) is 1. The van der Waals surface area contributed by atoms with Crippen molar-refractivity contribution in [2.45, 2.75) is 13.8 Å². The molecule has 28 heavy (non-hydrogen) atoms. The first-order chi connectivity index (χ1) is 13.4. The van der Waals surface area contributed by atoms with Gasteiger partial charge in [-0.25, -0.2) is 4.79 Å². The minimum Gasteiger partial charge on any atom is -0.454 e. The fraction of sp³-hybridized carbons (Fsp3) is 0.136. The fourth-order valence-corrected chi connectivity index (χ4v) is 3.12. The van der Waals surface area contributed by atoms with Gasteiger partial charge in [0.2, 0.25) is 0 Å². The smallest absolute Gasteiger partial charge is 0.338 e. The van der Waals surface area contributed by atoms with Gasteiger partial charge in [-0.05, 0) is 66.8 Å². The molecule has 0 aliphatic heterocycles. The lowest BCUT2D eigenvalue weighted by molar-refractivity contribution is 0.0475. The van der Waals surface area contributed by atoms with Gasteiger partial charge in [0, 0.05) is 11.3 Å². The van der Waals surface area contributed by atoms with Crippen molar-refractivity contribution in [1.29, 1.82) is 0 Å². The van der Waals surface area contributed by atoms with E-state index in [4.69, 9.17) is 4.74 Å². The van der Waals surface area contributed by atoms with Gasteiger partial charge in [0.25, 0.3) is 5.91 Å². The molecule has 3 rings (SSSR count). The Labute approximate surface area is 167 Å². The molecule has 1 amide bonds. The van der Waals surface area contributed by atoms with E-state index < -0.39 is 5.97 Å². The number of nitrogens with one attached hydrogen (secondary N) is 1. The summed E-state index contributed by atoms with van der Waals surface area (Å²) in [5.74, 6) is -1.05. The quantitative estimate of drug-likeness (QED) is 0.488. The highest BCUT2D eigenvalue weighted by Gasteiger charge is 2.13. The average molecular weight is 393 g/mol. The molecule has 0 atom stereocenters. The summed E-state index contributed by atoms with van der Waals surface area (Å²) in [6.07, 6.45) is 0. The van der Waals surface area contributed by atoms with E-state index >= 15 is 0 Å². The minimum atomic E-state index is -0.590. The standard InChI is InChI=1S/C22H19NO4S/c1-14-5-6-17(12-15(14)2)19(24)13-27-22(26)16-7-9-18(10-8-16)23-21(25)20-4-3-11-28-20/h3-12H,13H2,1-2H3,(H,23,25). The van der Waals surface area contributed by atoms with E-state index in [1.165, 1.54) is 11.3 Å². The Morgan fingerprint density at radius 3 is 2.29 bits per heavy atom. The number of carbonyl (C=O) groups is 3. The summed E-state index contributed by atoms with van der Waals surface area (Å²) in [4.78, 5) is 37.0. The second kappa shape index (κ2) is 8.63. The lowest BCUT2D eigenvalue weighted by Gasteiger charge is -2.07. The Kier molecular flexibility index (Phi) is 6.01. The zero-order chi connectivity index (χ0) is 20.1. The predicted octanol–water partition coefficient (Wildman–Crippen LogP) is 4.66. The van der Waals surface area contributed by atoms with Crippen molar-refractivity contribution >= 4 is 34.7 Å². The molecule has 1 heterocycles. The number of amides is 1. The van der Waals surface area contributed by atoms with Crippen LogP contribution in [0.5, 0.6) is 0 Å². The lowest BCUT2D eigenvalue weighted by atomic mass is 10.0. The molecule has 0 fully saturated rings. The van der Waals surface area contributed by atoms with Crippen LogP contribution in [0.1, 0.15) is 41.5 Å². The summed E-state index contributed by atoms with van der Waals surface area (Å²) in [6, 6.07) is 15.3. The van der Waals surface area contributed by atoms with Gasteiger partial charge in [0.1, 0.15) is 0 Å². The molecule has 3 aromatic rings. The molecule has 0 unspecified atom stereocenters. The molecule has 0 spiro atoms. The summed E-state index contributed by atoms with van der Waals surface area (Å²) in [7, 11) is 0. The van der Waals surface area contributed by atoms with Crippen molar-refractivity contribution < 1.29 is 19.1 Å². The molecule has 0 radical (unpaired) electrons. The number of benzene rings is 2. The minimum absolute atomic E-state index is 0.204. The van der Waals surface area contributed by atoms with Crippen LogP contribution < -0.4 is 5.32 Å². The largest absolute Gasteiger partial charge is 0.454 e. The van der Waals surface area contributed by atoms with Gasteiger partial charge in [0.15, 0.2) is 12.4 Å². The van der Waals surface area contributed by atoms with Crippen molar-refractivity contribution in [2.75, 3.05) is 11.9 Å². The van der Waals surface area contributed by atoms with Gasteiger partial charge in [-0.2, -0.15) is 0 Å². The first kappa shape index (κ1) is 19.5. The maximum absolute atomic E-state index is 12.2. The van der Waals surface area contributed by atoms with Gasteiger partial charge in [-0.15, -0.1) is 11.3 Å². The number of Topliss-reactive ketones (excluding diaryl/α,β-unsaturated/α-hetero) is 1. The van der Waals surface area contributed by atoms with E-state index in [0.717, 1.165) is 11.1 Å². The first-order valence-corrected chi connectivity index (χ1v) is 9.54. The molecule has 0 aliphatic rings. The van der Waals surface area contributed by atoms with Gasteiger partial charge < -0.3 is 10.1 Å². The number of thiophene rings is 1. The molecular formula is C22H19NO4S. The molecule has 2 aromatic carbocycles. The summed E-state index contributed by atoms with van der Waals surface area (Å²) in [5.41, 5.74) is 3.50. The highest BCUT2D eigenvalue weighted by atomic mass is 32.1. The number of esters is 1.